The van der Waals surface area contributed by atoms with Gasteiger partial charge >= 0.3 is 7.52 Å². The van der Waals surface area contributed by atoms with E-state index < -0.39 is 13.4 Å². The molecule has 2 aromatic rings. The highest BCUT2D eigenvalue weighted by atomic mass is 31.2. The monoisotopic (exact) mass is 361 g/mol. The van der Waals surface area contributed by atoms with Crippen molar-refractivity contribution in [2.24, 2.45) is 0 Å². The molecule has 132 valence electrons. The van der Waals surface area contributed by atoms with Crippen molar-refractivity contribution in [3.05, 3.63) is 54.6 Å². The number of amides is 1. The second kappa shape index (κ2) is 7.80. The Kier molecular flexibility index (Phi) is 5.50. The SMILES string of the molecule is O=C(CN1CCCOP1(=O)c1ccc(Nc2ccccc2)cc1)NO. The van der Waals surface area contributed by atoms with Crippen LogP contribution in [-0.4, -0.2) is 35.5 Å². The smallest absolute Gasteiger partial charge is 0.302 e. The third-order valence-electron chi connectivity index (χ3n) is 3.91. The van der Waals surface area contributed by atoms with Crippen LogP contribution in [0, 0.1) is 0 Å². The predicted octanol–water partition coefficient (Wildman–Crippen LogP) is 2.48. The summed E-state index contributed by atoms with van der Waals surface area (Å²) in [5, 5.41) is 12.5. The van der Waals surface area contributed by atoms with Gasteiger partial charge in [-0.05, 0) is 42.8 Å². The summed E-state index contributed by atoms with van der Waals surface area (Å²) < 4.78 is 20.4. The lowest BCUT2D eigenvalue weighted by Crippen LogP contribution is -2.40. The van der Waals surface area contributed by atoms with Gasteiger partial charge in [-0.15, -0.1) is 0 Å². The minimum Gasteiger partial charge on any atom is -0.356 e. The Morgan fingerprint density at radius 3 is 2.48 bits per heavy atom. The summed E-state index contributed by atoms with van der Waals surface area (Å²) in [5.74, 6) is -0.618. The first-order valence-electron chi connectivity index (χ1n) is 7.97. The van der Waals surface area contributed by atoms with Crippen LogP contribution in [-0.2, 0) is 13.9 Å². The van der Waals surface area contributed by atoms with Gasteiger partial charge < -0.3 is 9.84 Å². The first-order chi connectivity index (χ1) is 12.1. The van der Waals surface area contributed by atoms with Crippen molar-refractivity contribution in [1.29, 1.82) is 0 Å². The third kappa shape index (κ3) is 4.08. The van der Waals surface area contributed by atoms with E-state index in [1.165, 1.54) is 4.67 Å². The highest BCUT2D eigenvalue weighted by Gasteiger charge is 2.37. The molecule has 0 aliphatic carbocycles. The van der Waals surface area contributed by atoms with Crippen molar-refractivity contribution in [1.82, 2.24) is 10.2 Å². The topological polar surface area (TPSA) is 90.9 Å². The van der Waals surface area contributed by atoms with Gasteiger partial charge in [-0.3, -0.25) is 14.6 Å². The molecule has 1 heterocycles. The van der Waals surface area contributed by atoms with Gasteiger partial charge in [-0.2, -0.15) is 0 Å². The molecule has 0 radical (unpaired) electrons. The van der Waals surface area contributed by atoms with Crippen molar-refractivity contribution in [3.8, 4) is 0 Å². The maximum absolute atomic E-state index is 13.3. The van der Waals surface area contributed by atoms with E-state index in [1.807, 2.05) is 42.5 Å². The number of carbonyl (C=O) groups is 1. The molecule has 3 rings (SSSR count). The summed E-state index contributed by atoms with van der Waals surface area (Å²) in [6.45, 7) is 0.658. The highest BCUT2D eigenvalue weighted by molar-refractivity contribution is 7.64. The van der Waals surface area contributed by atoms with Crippen LogP contribution >= 0.6 is 7.52 Å². The maximum atomic E-state index is 13.3. The molecular formula is C17H20N3O4P. The van der Waals surface area contributed by atoms with Crippen molar-refractivity contribution in [3.63, 3.8) is 0 Å². The van der Waals surface area contributed by atoms with Crippen LogP contribution in [0.2, 0.25) is 0 Å². The molecule has 0 spiro atoms. The van der Waals surface area contributed by atoms with E-state index in [-0.39, 0.29) is 6.54 Å². The Morgan fingerprint density at radius 2 is 1.80 bits per heavy atom. The van der Waals surface area contributed by atoms with Gasteiger partial charge in [-0.1, -0.05) is 18.2 Å². The average Bonchev–Trinajstić information content (AvgIpc) is 2.65. The maximum Gasteiger partial charge on any atom is 0.302 e. The van der Waals surface area contributed by atoms with E-state index in [1.54, 1.807) is 17.6 Å². The summed E-state index contributed by atoms with van der Waals surface area (Å²) in [4.78, 5) is 11.5. The quantitative estimate of drug-likeness (QED) is 0.431. The predicted molar refractivity (Wildman–Crippen MR) is 95.5 cm³/mol. The van der Waals surface area contributed by atoms with Crippen LogP contribution < -0.4 is 16.1 Å². The molecule has 0 bridgehead atoms. The zero-order valence-electron chi connectivity index (χ0n) is 13.6. The number of benzene rings is 2. The van der Waals surface area contributed by atoms with E-state index in [2.05, 4.69) is 5.32 Å². The molecule has 3 N–H and O–H groups in total. The van der Waals surface area contributed by atoms with E-state index in [0.717, 1.165) is 11.4 Å². The Labute approximate surface area is 146 Å². The Morgan fingerprint density at radius 1 is 1.12 bits per heavy atom. The van der Waals surface area contributed by atoms with Gasteiger partial charge in [0.05, 0.1) is 18.5 Å². The molecule has 1 amide bonds. The molecule has 1 unspecified atom stereocenters. The summed E-state index contributed by atoms with van der Waals surface area (Å²) in [7, 11) is -3.31. The fourth-order valence-corrected chi connectivity index (χ4v) is 4.94. The van der Waals surface area contributed by atoms with Gasteiger partial charge in [0, 0.05) is 17.9 Å². The molecule has 1 aliphatic rings. The second-order valence-corrected chi connectivity index (χ2v) is 8.05. The highest BCUT2D eigenvalue weighted by Crippen LogP contribution is 2.51. The van der Waals surface area contributed by atoms with Crippen LogP contribution in [0.4, 0.5) is 11.4 Å². The number of hydrogen-bond acceptors (Lipinski definition) is 5. The lowest BCUT2D eigenvalue weighted by Gasteiger charge is -2.34. The lowest BCUT2D eigenvalue weighted by molar-refractivity contribution is -0.129. The molecule has 25 heavy (non-hydrogen) atoms. The van der Waals surface area contributed by atoms with Crippen molar-refractivity contribution in [2.75, 3.05) is 25.0 Å². The van der Waals surface area contributed by atoms with Crippen LogP contribution in [0.5, 0.6) is 0 Å². The average molecular weight is 361 g/mol. The summed E-state index contributed by atoms with van der Waals surface area (Å²) in [5.41, 5.74) is 3.39. The molecule has 1 saturated heterocycles. The second-order valence-electron chi connectivity index (χ2n) is 5.67. The largest absolute Gasteiger partial charge is 0.356 e. The minimum absolute atomic E-state index is 0.183. The van der Waals surface area contributed by atoms with Crippen molar-refractivity contribution < 1.29 is 19.1 Å². The van der Waals surface area contributed by atoms with Crippen LogP contribution in [0.15, 0.2) is 54.6 Å². The van der Waals surface area contributed by atoms with Gasteiger partial charge in [0.25, 0.3) is 5.91 Å². The fraction of sp³-hybridized carbons (Fsp3) is 0.235. The molecular weight excluding hydrogens is 341 g/mol. The Bertz CT molecular complexity index is 767. The molecule has 0 saturated carbocycles. The molecule has 2 aromatic carbocycles. The third-order valence-corrected chi connectivity index (χ3v) is 6.48. The zero-order chi connectivity index (χ0) is 17.7. The first-order valence-corrected chi connectivity index (χ1v) is 9.55. The van der Waals surface area contributed by atoms with Gasteiger partial charge in [0.15, 0.2) is 0 Å². The molecule has 7 nitrogen and oxygen atoms in total. The van der Waals surface area contributed by atoms with Crippen molar-refractivity contribution >= 4 is 30.1 Å². The summed E-state index contributed by atoms with van der Waals surface area (Å²) >= 11 is 0. The molecule has 0 aromatic heterocycles. The lowest BCUT2D eigenvalue weighted by atomic mass is 10.3. The minimum atomic E-state index is -3.31. The fourth-order valence-electron chi connectivity index (χ4n) is 2.68. The van der Waals surface area contributed by atoms with E-state index in [4.69, 9.17) is 9.73 Å². The zero-order valence-corrected chi connectivity index (χ0v) is 14.5. The van der Waals surface area contributed by atoms with Crippen LogP contribution in [0.1, 0.15) is 6.42 Å². The standard InChI is InChI=1S/C17H20N3O4P/c21-17(19-22)13-20-11-4-12-24-25(20,23)16-9-7-15(8-10-16)18-14-5-2-1-3-6-14/h1-3,5-10,18,22H,4,11-13H2,(H,19,21). The number of nitrogens with one attached hydrogen (secondary N) is 2. The molecule has 8 heteroatoms. The normalized spacial score (nSPS) is 20.8. The van der Waals surface area contributed by atoms with Crippen LogP contribution in [0.25, 0.3) is 0 Å². The number of hydroxylamine groups is 1. The molecule has 1 aliphatic heterocycles. The number of para-hydroxylation sites is 1. The molecule has 1 fully saturated rings. The van der Waals surface area contributed by atoms with E-state index in [0.29, 0.717) is 24.9 Å². The Hall–Kier alpha value is -2.18. The van der Waals surface area contributed by atoms with Gasteiger partial charge in [0.1, 0.15) is 0 Å². The van der Waals surface area contributed by atoms with Crippen LogP contribution in [0.3, 0.4) is 0 Å². The number of anilines is 2. The van der Waals surface area contributed by atoms with Crippen molar-refractivity contribution in [2.45, 2.75) is 6.42 Å². The Balaban J connectivity index is 1.79. The summed E-state index contributed by atoms with van der Waals surface area (Å²) in [6.07, 6.45) is 0.677. The number of hydrogen-bond donors (Lipinski definition) is 3. The number of nitrogens with zero attached hydrogens (tertiary/aromatic N) is 1. The first kappa shape index (κ1) is 17.6. The van der Waals surface area contributed by atoms with Gasteiger partial charge in [0.2, 0.25) is 0 Å². The van der Waals surface area contributed by atoms with E-state index >= 15 is 0 Å². The van der Waals surface area contributed by atoms with Gasteiger partial charge in [-0.25, -0.2) is 10.2 Å². The van der Waals surface area contributed by atoms with E-state index in [9.17, 15) is 9.36 Å². The number of carbonyl (C=O) groups excluding carboxylic acids is 1. The molecule has 1 atom stereocenters. The summed E-state index contributed by atoms with van der Waals surface area (Å²) in [6, 6.07) is 16.9. The number of rotatable bonds is 5.